The smallest absolute Gasteiger partial charge is 0.125 e. The topological polar surface area (TPSA) is 40.5 Å². The van der Waals surface area contributed by atoms with Gasteiger partial charge in [0.05, 0.1) is 0 Å². The van der Waals surface area contributed by atoms with Crippen LogP contribution in [0.25, 0.3) is 0 Å². The summed E-state index contributed by atoms with van der Waals surface area (Å²) >= 11 is 0. The minimum absolute atomic E-state index is 0.0537. The van der Waals surface area contributed by atoms with Gasteiger partial charge in [-0.05, 0) is 25.7 Å². The fourth-order valence-corrected chi connectivity index (χ4v) is 0.542. The highest BCUT2D eigenvalue weighted by atomic mass is 16.3. The predicted molar refractivity (Wildman–Crippen MR) is 58.7 cm³/mol. The molecule has 0 saturated heterocycles. The normalized spacial score (nSPS) is 19.9. The standard InChI is InChI=1S/C12H22O2/c1-9(2)11(5,13)7-8-12(6,14)10(3)4/h9-10,13-14H,1-6H3/t11-,12-/m0/s1. The molecule has 0 radical (unpaired) electrons. The molecule has 2 N–H and O–H groups in total. The Balaban J connectivity index is 4.74. The maximum Gasteiger partial charge on any atom is 0.125 e. The van der Waals surface area contributed by atoms with Gasteiger partial charge in [0.25, 0.3) is 0 Å². The fourth-order valence-electron chi connectivity index (χ4n) is 0.542. The van der Waals surface area contributed by atoms with Gasteiger partial charge in [-0.3, -0.25) is 0 Å². The van der Waals surface area contributed by atoms with E-state index >= 15 is 0 Å². The van der Waals surface area contributed by atoms with Crippen molar-refractivity contribution in [3.05, 3.63) is 0 Å². The minimum Gasteiger partial charge on any atom is -0.378 e. The number of aliphatic hydroxyl groups is 2. The molecule has 0 heterocycles. The first-order valence-corrected chi connectivity index (χ1v) is 5.08. The van der Waals surface area contributed by atoms with Crippen molar-refractivity contribution in [3.8, 4) is 11.8 Å². The van der Waals surface area contributed by atoms with Gasteiger partial charge in [0, 0.05) is 0 Å². The highest BCUT2D eigenvalue weighted by Crippen LogP contribution is 2.18. The maximum absolute atomic E-state index is 9.85. The Bertz CT molecular complexity index is 215. The first kappa shape index (κ1) is 13.5. The van der Waals surface area contributed by atoms with Crippen molar-refractivity contribution in [2.75, 3.05) is 0 Å². The van der Waals surface area contributed by atoms with Crippen LogP contribution in [-0.4, -0.2) is 21.4 Å². The van der Waals surface area contributed by atoms with Gasteiger partial charge in [-0.25, -0.2) is 0 Å². The van der Waals surface area contributed by atoms with E-state index in [2.05, 4.69) is 11.8 Å². The molecule has 0 fully saturated rings. The molecule has 0 saturated carbocycles. The maximum atomic E-state index is 9.85. The van der Waals surface area contributed by atoms with Gasteiger partial charge < -0.3 is 10.2 Å². The lowest BCUT2D eigenvalue weighted by molar-refractivity contribution is 0.0611. The second-order valence-electron chi connectivity index (χ2n) is 4.85. The van der Waals surface area contributed by atoms with E-state index in [1.807, 2.05) is 27.7 Å². The molecule has 0 unspecified atom stereocenters. The van der Waals surface area contributed by atoms with E-state index in [-0.39, 0.29) is 11.8 Å². The Kier molecular flexibility index (Phi) is 4.17. The lowest BCUT2D eigenvalue weighted by Crippen LogP contribution is -2.33. The van der Waals surface area contributed by atoms with E-state index in [0.717, 1.165) is 0 Å². The molecule has 0 amide bonds. The molecule has 0 rings (SSSR count). The zero-order valence-electron chi connectivity index (χ0n) is 10.0. The Morgan fingerprint density at radius 1 is 0.786 bits per heavy atom. The molecule has 0 aliphatic heterocycles. The van der Waals surface area contributed by atoms with Gasteiger partial charge in [0.15, 0.2) is 0 Å². The molecular formula is C12H22O2. The van der Waals surface area contributed by atoms with Gasteiger partial charge in [-0.15, -0.1) is 0 Å². The van der Waals surface area contributed by atoms with E-state index in [1.165, 1.54) is 0 Å². The third kappa shape index (κ3) is 3.69. The van der Waals surface area contributed by atoms with Crippen LogP contribution in [0.15, 0.2) is 0 Å². The van der Waals surface area contributed by atoms with Crippen molar-refractivity contribution >= 4 is 0 Å². The number of rotatable bonds is 2. The van der Waals surface area contributed by atoms with Crippen LogP contribution in [0.2, 0.25) is 0 Å². The Labute approximate surface area is 87.3 Å². The van der Waals surface area contributed by atoms with Gasteiger partial charge in [-0.1, -0.05) is 39.5 Å². The molecule has 0 spiro atoms. The summed E-state index contributed by atoms with van der Waals surface area (Å²) < 4.78 is 0. The number of hydrogen-bond acceptors (Lipinski definition) is 2. The molecule has 0 aromatic rings. The minimum atomic E-state index is -1.03. The first-order valence-electron chi connectivity index (χ1n) is 5.08. The van der Waals surface area contributed by atoms with Crippen LogP contribution in [0.1, 0.15) is 41.5 Å². The molecular weight excluding hydrogens is 176 g/mol. The third-order valence-electron chi connectivity index (χ3n) is 2.82. The zero-order chi connectivity index (χ0) is 11.6. The van der Waals surface area contributed by atoms with Gasteiger partial charge in [0.1, 0.15) is 11.2 Å². The molecule has 0 aromatic heterocycles. The molecule has 0 aliphatic carbocycles. The molecule has 0 aromatic carbocycles. The average molecular weight is 198 g/mol. The van der Waals surface area contributed by atoms with E-state index in [9.17, 15) is 10.2 Å². The second kappa shape index (κ2) is 4.33. The first-order chi connectivity index (χ1) is 6.09. The van der Waals surface area contributed by atoms with E-state index < -0.39 is 11.2 Å². The highest BCUT2D eigenvalue weighted by Gasteiger charge is 2.25. The van der Waals surface area contributed by atoms with Crippen molar-refractivity contribution < 1.29 is 10.2 Å². The van der Waals surface area contributed by atoms with Crippen molar-refractivity contribution in [1.82, 2.24) is 0 Å². The van der Waals surface area contributed by atoms with Crippen LogP contribution >= 0.6 is 0 Å². The Hall–Kier alpha value is -0.520. The molecule has 82 valence electrons. The summed E-state index contributed by atoms with van der Waals surface area (Å²) in [6, 6.07) is 0. The summed E-state index contributed by atoms with van der Waals surface area (Å²) in [6.07, 6.45) is 0. The lowest BCUT2D eigenvalue weighted by atomic mass is 9.89. The van der Waals surface area contributed by atoms with Crippen molar-refractivity contribution in [3.63, 3.8) is 0 Å². The summed E-state index contributed by atoms with van der Waals surface area (Å²) in [7, 11) is 0. The summed E-state index contributed by atoms with van der Waals surface area (Å²) in [5.74, 6) is 5.58. The van der Waals surface area contributed by atoms with Crippen molar-refractivity contribution in [2.24, 2.45) is 11.8 Å². The average Bonchev–Trinajstić information content (AvgIpc) is 2.01. The molecule has 0 aliphatic rings. The molecule has 2 atom stereocenters. The van der Waals surface area contributed by atoms with E-state index in [4.69, 9.17) is 0 Å². The summed E-state index contributed by atoms with van der Waals surface area (Å²) in [6.45, 7) is 10.9. The van der Waals surface area contributed by atoms with Crippen molar-refractivity contribution in [1.29, 1.82) is 0 Å². The second-order valence-corrected chi connectivity index (χ2v) is 4.85. The monoisotopic (exact) mass is 198 g/mol. The third-order valence-corrected chi connectivity index (χ3v) is 2.82. The largest absolute Gasteiger partial charge is 0.378 e. The zero-order valence-corrected chi connectivity index (χ0v) is 10.0. The van der Waals surface area contributed by atoms with Crippen molar-refractivity contribution in [2.45, 2.75) is 52.7 Å². The number of hydrogen-bond donors (Lipinski definition) is 2. The lowest BCUT2D eigenvalue weighted by Gasteiger charge is -2.24. The van der Waals surface area contributed by atoms with Gasteiger partial charge in [-0.2, -0.15) is 0 Å². The van der Waals surface area contributed by atoms with E-state index in [0.29, 0.717) is 0 Å². The summed E-state index contributed by atoms with van der Waals surface area (Å²) in [5, 5.41) is 19.7. The Morgan fingerprint density at radius 2 is 1.00 bits per heavy atom. The fraction of sp³-hybridized carbons (Fsp3) is 0.833. The molecule has 2 heteroatoms. The molecule has 2 nitrogen and oxygen atoms in total. The Morgan fingerprint density at radius 3 is 1.14 bits per heavy atom. The highest BCUT2D eigenvalue weighted by molar-refractivity contribution is 5.20. The summed E-state index contributed by atoms with van der Waals surface area (Å²) in [4.78, 5) is 0. The molecule has 14 heavy (non-hydrogen) atoms. The SMILES string of the molecule is CC(C)[C@@](C)(O)C#C[C@](C)(O)C(C)C. The predicted octanol–water partition coefficient (Wildman–Crippen LogP) is 1.80. The quantitative estimate of drug-likeness (QED) is 0.664. The van der Waals surface area contributed by atoms with Crippen LogP contribution < -0.4 is 0 Å². The van der Waals surface area contributed by atoms with Crippen LogP contribution in [0, 0.1) is 23.7 Å². The van der Waals surface area contributed by atoms with E-state index in [1.54, 1.807) is 13.8 Å². The van der Waals surface area contributed by atoms with Crippen LogP contribution in [0.3, 0.4) is 0 Å². The van der Waals surface area contributed by atoms with Crippen LogP contribution in [0.4, 0.5) is 0 Å². The summed E-state index contributed by atoms with van der Waals surface area (Å²) in [5.41, 5.74) is -2.06. The van der Waals surface area contributed by atoms with Gasteiger partial charge >= 0.3 is 0 Å². The molecule has 0 bridgehead atoms. The van der Waals surface area contributed by atoms with Gasteiger partial charge in [0.2, 0.25) is 0 Å². The van der Waals surface area contributed by atoms with Crippen LogP contribution in [0.5, 0.6) is 0 Å². The van der Waals surface area contributed by atoms with Crippen LogP contribution in [-0.2, 0) is 0 Å².